The van der Waals surface area contributed by atoms with Gasteiger partial charge in [-0.15, -0.1) is 0 Å². The van der Waals surface area contributed by atoms with Gasteiger partial charge in [0.15, 0.2) is 18.7 Å². The molecule has 0 radical (unpaired) electrons. The molecule has 0 amide bonds. The summed E-state index contributed by atoms with van der Waals surface area (Å²) in [6, 6.07) is 0. The van der Waals surface area contributed by atoms with E-state index >= 15 is 0 Å². The van der Waals surface area contributed by atoms with Crippen molar-refractivity contribution in [1.29, 1.82) is 0 Å². The lowest BCUT2D eigenvalue weighted by Gasteiger charge is -2.42. The number of carbonyl (C=O) groups excluding carboxylic acids is 2. The van der Waals surface area contributed by atoms with E-state index in [1.807, 2.05) is 0 Å². The lowest BCUT2D eigenvalue weighted by atomic mass is 9.98. The molecule has 0 aromatic carbocycles. The van der Waals surface area contributed by atoms with E-state index in [4.69, 9.17) is 28.4 Å². The van der Waals surface area contributed by atoms with Crippen LogP contribution in [0.3, 0.4) is 0 Å². The van der Waals surface area contributed by atoms with Gasteiger partial charge < -0.3 is 64.2 Å². The number of unbranched alkanes of at least 4 members (excludes halogenated alkanes) is 11. The fourth-order valence-corrected chi connectivity index (χ4v) is 7.06. The van der Waals surface area contributed by atoms with Gasteiger partial charge in [-0.2, -0.15) is 0 Å². The maximum atomic E-state index is 12.9. The first kappa shape index (κ1) is 57.3. The van der Waals surface area contributed by atoms with Crippen LogP contribution in [0.4, 0.5) is 0 Å². The molecule has 0 bridgehead atoms. The summed E-state index contributed by atoms with van der Waals surface area (Å²) < 4.78 is 33.4. The van der Waals surface area contributed by atoms with Crippen LogP contribution in [0.15, 0.2) is 60.8 Å². The predicted molar refractivity (Wildman–Crippen MR) is 243 cm³/mol. The van der Waals surface area contributed by atoms with Crippen molar-refractivity contribution in [3.8, 4) is 0 Å². The number of carbonyl (C=O) groups is 2. The molecule has 15 heteroatoms. The van der Waals surface area contributed by atoms with Crippen LogP contribution in [-0.2, 0) is 38.0 Å². The minimum absolute atomic E-state index is 0.156. The van der Waals surface area contributed by atoms with Crippen LogP contribution in [0.1, 0.15) is 142 Å². The highest BCUT2D eigenvalue weighted by molar-refractivity contribution is 5.70. The monoisotopic (exact) mass is 911 g/mol. The number of rotatable bonds is 35. The lowest BCUT2D eigenvalue weighted by Crippen LogP contribution is -2.61. The maximum Gasteiger partial charge on any atom is 0.306 e. The Hall–Kier alpha value is -2.80. The van der Waals surface area contributed by atoms with Crippen LogP contribution in [0.25, 0.3) is 0 Å². The quantitative estimate of drug-likeness (QED) is 0.0230. The Balaban J connectivity index is 1.82. The van der Waals surface area contributed by atoms with Crippen LogP contribution in [0.2, 0.25) is 0 Å². The molecule has 2 rings (SSSR count). The van der Waals surface area contributed by atoms with E-state index < -0.39 is 99.3 Å². The molecule has 0 spiro atoms. The van der Waals surface area contributed by atoms with Gasteiger partial charge in [-0.3, -0.25) is 9.59 Å². The molecular weight excluding hydrogens is 829 g/mol. The van der Waals surface area contributed by atoms with E-state index in [-0.39, 0.29) is 19.4 Å². The zero-order chi connectivity index (χ0) is 46.8. The molecule has 2 aliphatic rings. The number of ether oxygens (including phenoxy) is 6. The smallest absolute Gasteiger partial charge is 0.306 e. The summed E-state index contributed by atoms with van der Waals surface area (Å²) in [6.07, 6.45) is 22.7. The van der Waals surface area contributed by atoms with Crippen LogP contribution >= 0.6 is 0 Å². The minimum atomic E-state index is -1.77. The highest BCUT2D eigenvalue weighted by atomic mass is 16.7. The number of allylic oxidation sites excluding steroid dienone is 10. The lowest BCUT2D eigenvalue weighted by molar-refractivity contribution is -0.332. The minimum Gasteiger partial charge on any atom is -0.462 e. The van der Waals surface area contributed by atoms with E-state index in [0.717, 1.165) is 70.6 Å². The highest BCUT2D eigenvalue weighted by Crippen LogP contribution is 2.26. The standard InChI is InChI=1S/C49H82O15/c1-3-5-7-9-11-13-14-15-16-17-18-19-20-21-22-24-25-27-29-31-40(51)59-34-37(62-41(52)32-30-28-26-23-12-10-8-6-4-2)35-60-48-47(58)45(56)43(54)39(64-48)36-61-49-46(57)44(55)42(53)38(33-50)63-49/h5,7,11,13,15-16,18-19,21-22,37-39,42-50,53-58H,3-4,6,8-10,12,14,17,20,23-36H2,1-2H3/b7-5+,13-11+,16-15+,19-18+,22-21+/t37-,38+,39+,42-,43-,44?,45?,46?,47?,48+,49+/m0/s1. The SMILES string of the molecule is CC/C=C/C/C=C/C/C=C/C/C=C/C/C=C/CCCCCC(=O)OC[C@@H](CO[C@@H]1O[C@H](CO[C@@H]2O[C@H](CO)[C@H](O)C(O)C2O)[C@H](O)C(O)C1O)OC(=O)CCCCCCCCCCC. The molecule has 2 aliphatic heterocycles. The van der Waals surface area contributed by atoms with Gasteiger partial charge in [0, 0.05) is 12.8 Å². The Kier molecular flexibility index (Phi) is 32.5. The third kappa shape index (κ3) is 24.6. The molecule has 15 nitrogen and oxygen atoms in total. The molecule has 2 fully saturated rings. The highest BCUT2D eigenvalue weighted by Gasteiger charge is 2.47. The summed E-state index contributed by atoms with van der Waals surface area (Å²) in [5, 5.41) is 71.9. The zero-order valence-corrected chi connectivity index (χ0v) is 38.5. The molecular formula is C49H82O15. The molecule has 4 unspecified atom stereocenters. The molecule has 11 atom stereocenters. The van der Waals surface area contributed by atoms with Crippen molar-refractivity contribution < 1.29 is 73.8 Å². The Morgan fingerprint density at radius 1 is 0.516 bits per heavy atom. The molecule has 2 heterocycles. The summed E-state index contributed by atoms with van der Waals surface area (Å²) in [7, 11) is 0. The average Bonchev–Trinajstić information content (AvgIpc) is 3.29. The first-order valence-electron chi connectivity index (χ1n) is 23.9. The summed E-state index contributed by atoms with van der Waals surface area (Å²) in [5.41, 5.74) is 0. The number of esters is 2. The van der Waals surface area contributed by atoms with Gasteiger partial charge in [-0.05, 0) is 57.8 Å². The second-order valence-electron chi connectivity index (χ2n) is 16.6. The van der Waals surface area contributed by atoms with Crippen molar-refractivity contribution in [2.75, 3.05) is 26.4 Å². The van der Waals surface area contributed by atoms with Gasteiger partial charge in [0.2, 0.25) is 0 Å². The fraction of sp³-hybridized carbons (Fsp3) is 0.755. The number of hydrogen-bond donors (Lipinski definition) is 7. The van der Waals surface area contributed by atoms with Crippen molar-refractivity contribution in [1.82, 2.24) is 0 Å². The molecule has 368 valence electrons. The molecule has 2 saturated heterocycles. The topological polar surface area (TPSA) is 231 Å². The van der Waals surface area contributed by atoms with E-state index in [1.165, 1.54) is 32.1 Å². The molecule has 64 heavy (non-hydrogen) atoms. The van der Waals surface area contributed by atoms with Crippen LogP contribution < -0.4 is 0 Å². The van der Waals surface area contributed by atoms with E-state index in [9.17, 15) is 45.3 Å². The van der Waals surface area contributed by atoms with Gasteiger partial charge in [0.1, 0.15) is 55.4 Å². The Labute approximate surface area is 381 Å². The third-order valence-corrected chi connectivity index (χ3v) is 11.0. The first-order valence-corrected chi connectivity index (χ1v) is 23.9. The van der Waals surface area contributed by atoms with Crippen LogP contribution in [0.5, 0.6) is 0 Å². The third-order valence-electron chi connectivity index (χ3n) is 11.0. The number of hydrogen-bond acceptors (Lipinski definition) is 15. The van der Waals surface area contributed by atoms with Gasteiger partial charge in [-0.25, -0.2) is 0 Å². The predicted octanol–water partition coefficient (Wildman–Crippen LogP) is 5.70. The Bertz CT molecular complexity index is 1350. The molecule has 0 aromatic rings. The zero-order valence-electron chi connectivity index (χ0n) is 38.5. The number of aliphatic hydroxyl groups excluding tert-OH is 7. The largest absolute Gasteiger partial charge is 0.462 e. The summed E-state index contributed by atoms with van der Waals surface area (Å²) in [4.78, 5) is 25.6. The molecule has 0 aromatic heterocycles. The van der Waals surface area contributed by atoms with Gasteiger partial charge in [-0.1, -0.05) is 132 Å². The van der Waals surface area contributed by atoms with Crippen molar-refractivity contribution in [3.05, 3.63) is 60.8 Å². The van der Waals surface area contributed by atoms with Crippen LogP contribution in [-0.4, -0.2) is 142 Å². The Morgan fingerprint density at radius 3 is 1.55 bits per heavy atom. The van der Waals surface area contributed by atoms with E-state index in [0.29, 0.717) is 12.8 Å². The summed E-state index contributed by atoms with van der Waals surface area (Å²) in [6.45, 7) is 2.39. The second kappa shape index (κ2) is 36.3. The van der Waals surface area contributed by atoms with Crippen LogP contribution in [0, 0.1) is 0 Å². The normalized spacial score (nSPS) is 27.1. The van der Waals surface area contributed by atoms with Crippen molar-refractivity contribution in [3.63, 3.8) is 0 Å². The maximum absolute atomic E-state index is 12.9. The van der Waals surface area contributed by atoms with E-state index in [1.54, 1.807) is 0 Å². The summed E-state index contributed by atoms with van der Waals surface area (Å²) >= 11 is 0. The van der Waals surface area contributed by atoms with Gasteiger partial charge in [0.05, 0.1) is 19.8 Å². The molecule has 7 N–H and O–H groups in total. The van der Waals surface area contributed by atoms with Gasteiger partial charge in [0.25, 0.3) is 0 Å². The van der Waals surface area contributed by atoms with E-state index in [2.05, 4.69) is 74.6 Å². The first-order chi connectivity index (χ1) is 31.0. The fourth-order valence-electron chi connectivity index (χ4n) is 7.06. The molecule has 0 aliphatic carbocycles. The summed E-state index contributed by atoms with van der Waals surface area (Å²) in [5.74, 6) is -0.971. The van der Waals surface area contributed by atoms with Crippen molar-refractivity contribution in [2.24, 2.45) is 0 Å². The van der Waals surface area contributed by atoms with Gasteiger partial charge >= 0.3 is 11.9 Å². The average molecular weight is 911 g/mol. The number of aliphatic hydroxyl groups is 7. The second-order valence-corrected chi connectivity index (χ2v) is 16.6. The Morgan fingerprint density at radius 2 is 0.984 bits per heavy atom. The van der Waals surface area contributed by atoms with Crippen molar-refractivity contribution in [2.45, 2.75) is 210 Å². The van der Waals surface area contributed by atoms with Crippen molar-refractivity contribution >= 4 is 11.9 Å². The molecule has 0 saturated carbocycles.